The van der Waals surface area contributed by atoms with E-state index in [9.17, 15) is 9.90 Å². The summed E-state index contributed by atoms with van der Waals surface area (Å²) in [6.07, 6.45) is 14.6. The number of carbonyl (C=O) groups excluding carboxylic acids is 1. The molecule has 4 aliphatic rings. The second kappa shape index (κ2) is 7.66. The number of aliphatic hydroxyl groups excluding tert-OH is 1. The van der Waals surface area contributed by atoms with E-state index >= 15 is 0 Å². The maximum Gasteiger partial charge on any atom is 0.155 e. The third-order valence-corrected chi connectivity index (χ3v) is 9.81. The zero-order chi connectivity index (χ0) is 21.0. The van der Waals surface area contributed by atoms with E-state index in [0.717, 1.165) is 36.2 Å². The zero-order valence-corrected chi connectivity index (χ0v) is 19.3. The van der Waals surface area contributed by atoms with Crippen LogP contribution in [0.1, 0.15) is 92.4 Å². The Morgan fingerprint density at radius 2 is 1.93 bits per heavy atom. The SMILES string of the molecule is CC(C)=CC(=O)C[C@@H](C)[C@H]1CC[C@H]2[C@@H]3CC=C4C[C@H](O)CC[C@]4(C)[C@H]3CC[C@]12C. The van der Waals surface area contributed by atoms with Crippen molar-refractivity contribution < 1.29 is 9.90 Å². The van der Waals surface area contributed by atoms with Crippen molar-refractivity contribution in [2.45, 2.75) is 98.5 Å². The molecule has 2 heteroatoms. The van der Waals surface area contributed by atoms with E-state index in [4.69, 9.17) is 0 Å². The van der Waals surface area contributed by atoms with Crippen molar-refractivity contribution in [3.8, 4) is 0 Å². The van der Waals surface area contributed by atoms with Gasteiger partial charge in [-0.1, -0.05) is 38.0 Å². The van der Waals surface area contributed by atoms with Crippen molar-refractivity contribution in [1.29, 1.82) is 0 Å². The Hall–Kier alpha value is -0.890. The van der Waals surface area contributed by atoms with E-state index in [1.807, 2.05) is 19.9 Å². The number of fused-ring (bicyclic) bond motifs is 5. The number of carbonyl (C=O) groups is 1. The summed E-state index contributed by atoms with van der Waals surface area (Å²) >= 11 is 0. The number of rotatable bonds is 4. The summed E-state index contributed by atoms with van der Waals surface area (Å²) in [7, 11) is 0. The number of hydrogen-bond acceptors (Lipinski definition) is 2. The average Bonchev–Trinajstić information content (AvgIpc) is 2.99. The fraction of sp³-hybridized carbons (Fsp3) is 0.815. The molecular formula is C27H42O2. The first kappa shape index (κ1) is 21.3. The topological polar surface area (TPSA) is 37.3 Å². The molecule has 0 unspecified atom stereocenters. The molecule has 162 valence electrons. The molecule has 8 atom stereocenters. The molecule has 0 heterocycles. The summed E-state index contributed by atoms with van der Waals surface area (Å²) in [4.78, 5) is 12.4. The monoisotopic (exact) mass is 398 g/mol. The Kier molecular flexibility index (Phi) is 5.64. The summed E-state index contributed by atoms with van der Waals surface area (Å²) in [5, 5.41) is 10.2. The third kappa shape index (κ3) is 3.58. The van der Waals surface area contributed by atoms with Crippen molar-refractivity contribution in [2.24, 2.45) is 40.4 Å². The molecule has 0 spiro atoms. The van der Waals surface area contributed by atoms with Crippen LogP contribution in [-0.4, -0.2) is 17.0 Å². The lowest BCUT2D eigenvalue weighted by atomic mass is 9.47. The van der Waals surface area contributed by atoms with Crippen LogP contribution in [0.15, 0.2) is 23.3 Å². The smallest absolute Gasteiger partial charge is 0.155 e. The van der Waals surface area contributed by atoms with Crippen molar-refractivity contribution in [2.75, 3.05) is 0 Å². The van der Waals surface area contributed by atoms with Gasteiger partial charge < -0.3 is 5.11 Å². The first-order valence-electron chi connectivity index (χ1n) is 12.2. The lowest BCUT2D eigenvalue weighted by Crippen LogP contribution is -2.50. The van der Waals surface area contributed by atoms with Crippen LogP contribution < -0.4 is 0 Å². The highest BCUT2D eigenvalue weighted by Crippen LogP contribution is 2.67. The fourth-order valence-corrected chi connectivity index (χ4v) is 8.46. The first-order chi connectivity index (χ1) is 13.6. The number of ketones is 1. The summed E-state index contributed by atoms with van der Waals surface area (Å²) in [5.41, 5.74) is 3.42. The fourth-order valence-electron chi connectivity index (χ4n) is 8.46. The van der Waals surface area contributed by atoms with Gasteiger partial charge >= 0.3 is 0 Å². The summed E-state index contributed by atoms with van der Waals surface area (Å²) in [6, 6.07) is 0. The molecule has 4 aliphatic carbocycles. The van der Waals surface area contributed by atoms with Crippen molar-refractivity contribution in [3.63, 3.8) is 0 Å². The first-order valence-corrected chi connectivity index (χ1v) is 12.2. The van der Waals surface area contributed by atoms with Gasteiger partial charge in [-0.15, -0.1) is 0 Å². The van der Waals surface area contributed by atoms with Crippen molar-refractivity contribution >= 4 is 5.78 Å². The molecule has 4 rings (SSSR count). The van der Waals surface area contributed by atoms with Crippen LogP contribution in [0.5, 0.6) is 0 Å². The van der Waals surface area contributed by atoms with Gasteiger partial charge in [0.05, 0.1) is 6.10 Å². The zero-order valence-electron chi connectivity index (χ0n) is 19.3. The lowest BCUT2D eigenvalue weighted by molar-refractivity contribution is -0.116. The van der Waals surface area contributed by atoms with E-state index in [1.165, 1.54) is 38.5 Å². The summed E-state index contributed by atoms with van der Waals surface area (Å²) in [6.45, 7) is 11.5. The van der Waals surface area contributed by atoms with Gasteiger partial charge in [-0.2, -0.15) is 0 Å². The van der Waals surface area contributed by atoms with Gasteiger partial charge in [0.1, 0.15) is 0 Å². The molecule has 0 aromatic heterocycles. The highest BCUT2D eigenvalue weighted by molar-refractivity contribution is 5.90. The maximum atomic E-state index is 12.4. The number of hydrogen-bond donors (Lipinski definition) is 1. The highest BCUT2D eigenvalue weighted by atomic mass is 16.3. The molecular weight excluding hydrogens is 356 g/mol. The molecule has 29 heavy (non-hydrogen) atoms. The molecule has 0 radical (unpaired) electrons. The van der Waals surface area contributed by atoms with Crippen molar-refractivity contribution in [1.82, 2.24) is 0 Å². The molecule has 0 aromatic carbocycles. The van der Waals surface area contributed by atoms with Gasteiger partial charge in [-0.05, 0) is 112 Å². The largest absolute Gasteiger partial charge is 0.393 e. The molecule has 3 fully saturated rings. The molecule has 0 aliphatic heterocycles. The Balaban J connectivity index is 1.53. The maximum absolute atomic E-state index is 12.4. The van der Waals surface area contributed by atoms with Gasteiger partial charge in [0.2, 0.25) is 0 Å². The van der Waals surface area contributed by atoms with Gasteiger partial charge in [-0.3, -0.25) is 4.79 Å². The third-order valence-electron chi connectivity index (χ3n) is 9.81. The summed E-state index contributed by atoms with van der Waals surface area (Å²) in [5.74, 6) is 3.91. The molecule has 0 aromatic rings. The van der Waals surface area contributed by atoms with E-state index in [-0.39, 0.29) is 6.10 Å². The van der Waals surface area contributed by atoms with Crippen LogP contribution in [0.3, 0.4) is 0 Å². The van der Waals surface area contributed by atoms with Crippen LogP contribution in [0.25, 0.3) is 0 Å². The minimum atomic E-state index is -0.116. The average molecular weight is 399 g/mol. The Morgan fingerprint density at radius 1 is 1.17 bits per heavy atom. The lowest BCUT2D eigenvalue weighted by Gasteiger charge is -2.58. The Morgan fingerprint density at radius 3 is 2.66 bits per heavy atom. The standard InChI is InChI=1S/C27H42O2/c1-17(2)14-21(29)15-18(3)23-8-9-24-22-7-6-19-16-20(28)10-12-26(19,4)25(22)11-13-27(23,24)5/h6,14,18,20,22-25,28H,7-13,15-16H2,1-5H3/t18-,20-,22+,23-,24+,25+,26+,27-/m1/s1. The van der Waals surface area contributed by atoms with E-state index in [0.29, 0.717) is 34.9 Å². The predicted octanol–water partition coefficient (Wildman–Crippen LogP) is 6.49. The Labute approximate surface area is 178 Å². The van der Waals surface area contributed by atoms with E-state index in [1.54, 1.807) is 5.57 Å². The van der Waals surface area contributed by atoms with Crippen molar-refractivity contribution in [3.05, 3.63) is 23.3 Å². The molecule has 1 N–H and O–H groups in total. The van der Waals surface area contributed by atoms with Gasteiger partial charge in [-0.25, -0.2) is 0 Å². The molecule has 0 amide bonds. The second-order valence-electron chi connectivity index (χ2n) is 11.8. The molecule has 3 saturated carbocycles. The molecule has 0 bridgehead atoms. The Bertz CT molecular complexity index is 714. The van der Waals surface area contributed by atoms with Crippen LogP contribution in [0, 0.1) is 40.4 Å². The van der Waals surface area contributed by atoms with Gasteiger partial charge in [0.15, 0.2) is 5.78 Å². The normalized spacial score (nSPS) is 44.8. The minimum absolute atomic E-state index is 0.116. The van der Waals surface area contributed by atoms with Gasteiger partial charge in [0, 0.05) is 6.42 Å². The molecule has 0 saturated heterocycles. The number of aliphatic hydroxyl groups is 1. The minimum Gasteiger partial charge on any atom is -0.393 e. The second-order valence-corrected chi connectivity index (χ2v) is 11.8. The van der Waals surface area contributed by atoms with Crippen LogP contribution >= 0.6 is 0 Å². The van der Waals surface area contributed by atoms with Crippen LogP contribution in [-0.2, 0) is 4.79 Å². The summed E-state index contributed by atoms with van der Waals surface area (Å²) < 4.78 is 0. The highest BCUT2D eigenvalue weighted by Gasteiger charge is 2.59. The van der Waals surface area contributed by atoms with E-state index in [2.05, 4.69) is 26.8 Å². The predicted molar refractivity (Wildman–Crippen MR) is 119 cm³/mol. The quantitative estimate of drug-likeness (QED) is 0.434. The van der Waals surface area contributed by atoms with Gasteiger partial charge in [0.25, 0.3) is 0 Å². The molecule has 2 nitrogen and oxygen atoms in total. The van der Waals surface area contributed by atoms with Crippen LogP contribution in [0.2, 0.25) is 0 Å². The van der Waals surface area contributed by atoms with E-state index < -0.39 is 0 Å². The van der Waals surface area contributed by atoms with Crippen LogP contribution in [0.4, 0.5) is 0 Å². The number of allylic oxidation sites excluding steroid dienone is 3.